The highest BCUT2D eigenvalue weighted by Crippen LogP contribution is 1.97. The highest BCUT2D eigenvalue weighted by Gasteiger charge is 2.04. The smallest absolute Gasteiger partial charge is 0.187 e. The van der Waals surface area contributed by atoms with Gasteiger partial charge >= 0.3 is 0 Å². The van der Waals surface area contributed by atoms with E-state index in [1.54, 1.807) is 12.1 Å². The number of hydrazine groups is 1. The first kappa shape index (κ1) is 13.7. The second-order valence-electron chi connectivity index (χ2n) is 3.39. The molecule has 0 aliphatic carbocycles. The van der Waals surface area contributed by atoms with Gasteiger partial charge in [-0.2, -0.15) is 0 Å². The lowest BCUT2D eigenvalue weighted by atomic mass is 10.2. The second-order valence-corrected chi connectivity index (χ2v) is 4.19. The van der Waals surface area contributed by atoms with Crippen LogP contribution in [0.1, 0.15) is 5.56 Å². The minimum Gasteiger partial charge on any atom is -0.364 e. The molecule has 1 aromatic carbocycles. The lowest BCUT2D eigenvalue weighted by Gasteiger charge is -2.22. The molecule has 0 heterocycles. The van der Waals surface area contributed by atoms with Gasteiger partial charge in [-0.05, 0) is 30.0 Å². The standard InChI is InChI=1S/C11H16N4S2/c1-12-10(16)14-15(2)11(17)13-8-9-6-4-3-5-7-9/h3-7H,8H2,1-2H3,(H,13,17)(H2,12,14,16). The van der Waals surface area contributed by atoms with Crippen molar-refractivity contribution in [1.29, 1.82) is 0 Å². The Morgan fingerprint density at radius 3 is 2.47 bits per heavy atom. The normalized spacial score (nSPS) is 9.29. The van der Waals surface area contributed by atoms with E-state index in [2.05, 4.69) is 16.1 Å². The quantitative estimate of drug-likeness (QED) is 0.549. The van der Waals surface area contributed by atoms with Gasteiger partial charge in [0.1, 0.15) is 0 Å². The Bertz CT molecular complexity index is 380. The van der Waals surface area contributed by atoms with Gasteiger partial charge in [0, 0.05) is 20.6 Å². The lowest BCUT2D eigenvalue weighted by Crippen LogP contribution is -2.50. The largest absolute Gasteiger partial charge is 0.364 e. The van der Waals surface area contributed by atoms with Crippen molar-refractivity contribution in [2.75, 3.05) is 14.1 Å². The van der Waals surface area contributed by atoms with Crippen molar-refractivity contribution in [3.8, 4) is 0 Å². The van der Waals surface area contributed by atoms with Crippen LogP contribution in [0.4, 0.5) is 0 Å². The Hall–Kier alpha value is -1.40. The van der Waals surface area contributed by atoms with Crippen LogP contribution in [0.15, 0.2) is 30.3 Å². The molecule has 0 saturated heterocycles. The molecule has 0 unspecified atom stereocenters. The maximum Gasteiger partial charge on any atom is 0.187 e. The molecule has 3 N–H and O–H groups in total. The van der Waals surface area contributed by atoms with Crippen LogP contribution in [0.3, 0.4) is 0 Å². The molecule has 0 aliphatic heterocycles. The molecule has 0 saturated carbocycles. The van der Waals surface area contributed by atoms with Crippen LogP contribution >= 0.6 is 24.4 Å². The summed E-state index contributed by atoms with van der Waals surface area (Å²) in [6.07, 6.45) is 0. The number of nitrogens with zero attached hydrogens (tertiary/aromatic N) is 1. The van der Waals surface area contributed by atoms with E-state index in [0.29, 0.717) is 16.8 Å². The molecule has 0 atom stereocenters. The summed E-state index contributed by atoms with van der Waals surface area (Å²) in [6.45, 7) is 0.692. The highest BCUT2D eigenvalue weighted by molar-refractivity contribution is 7.80. The van der Waals surface area contributed by atoms with Crippen molar-refractivity contribution in [3.63, 3.8) is 0 Å². The van der Waals surface area contributed by atoms with E-state index in [0.717, 1.165) is 0 Å². The van der Waals surface area contributed by atoms with Gasteiger partial charge in [-0.3, -0.25) is 10.4 Å². The fourth-order valence-corrected chi connectivity index (χ4v) is 1.41. The maximum absolute atomic E-state index is 5.21. The average Bonchev–Trinajstić information content (AvgIpc) is 2.36. The van der Waals surface area contributed by atoms with Crippen LogP contribution in [0.25, 0.3) is 0 Å². The summed E-state index contributed by atoms with van der Waals surface area (Å²) >= 11 is 10.2. The van der Waals surface area contributed by atoms with E-state index in [1.807, 2.05) is 37.4 Å². The third-order valence-corrected chi connectivity index (χ3v) is 2.80. The zero-order chi connectivity index (χ0) is 12.7. The number of benzene rings is 1. The zero-order valence-electron chi connectivity index (χ0n) is 9.86. The number of nitrogens with one attached hydrogen (secondary N) is 3. The molecular formula is C11H16N4S2. The van der Waals surface area contributed by atoms with Crippen LogP contribution in [0.5, 0.6) is 0 Å². The van der Waals surface area contributed by atoms with Crippen molar-refractivity contribution < 1.29 is 0 Å². The van der Waals surface area contributed by atoms with Gasteiger partial charge in [0.2, 0.25) is 0 Å². The summed E-state index contributed by atoms with van der Waals surface area (Å²) in [5.41, 5.74) is 4.10. The Labute approximate surface area is 112 Å². The Balaban J connectivity index is 2.37. The summed E-state index contributed by atoms with van der Waals surface area (Å²) < 4.78 is 0. The fraction of sp³-hybridized carbons (Fsp3) is 0.273. The summed E-state index contributed by atoms with van der Waals surface area (Å²) in [5.74, 6) is 0. The van der Waals surface area contributed by atoms with Crippen molar-refractivity contribution in [1.82, 2.24) is 21.1 Å². The van der Waals surface area contributed by atoms with Crippen molar-refractivity contribution in [2.45, 2.75) is 6.54 Å². The van der Waals surface area contributed by atoms with E-state index in [-0.39, 0.29) is 0 Å². The fourth-order valence-electron chi connectivity index (χ4n) is 1.15. The van der Waals surface area contributed by atoms with E-state index < -0.39 is 0 Å². The van der Waals surface area contributed by atoms with Crippen molar-refractivity contribution in [2.24, 2.45) is 0 Å². The summed E-state index contributed by atoms with van der Waals surface area (Å²) in [4.78, 5) is 0. The van der Waals surface area contributed by atoms with E-state index >= 15 is 0 Å². The van der Waals surface area contributed by atoms with E-state index in [4.69, 9.17) is 24.4 Å². The second kappa shape index (κ2) is 7.03. The van der Waals surface area contributed by atoms with Crippen LogP contribution in [-0.2, 0) is 6.54 Å². The third-order valence-electron chi connectivity index (χ3n) is 2.09. The maximum atomic E-state index is 5.21. The van der Waals surface area contributed by atoms with Gasteiger partial charge in [0.25, 0.3) is 0 Å². The molecule has 4 nitrogen and oxygen atoms in total. The Morgan fingerprint density at radius 2 is 1.88 bits per heavy atom. The molecule has 17 heavy (non-hydrogen) atoms. The van der Waals surface area contributed by atoms with Gasteiger partial charge in [-0.15, -0.1) is 0 Å². The monoisotopic (exact) mass is 268 g/mol. The summed E-state index contributed by atoms with van der Waals surface area (Å²) in [6, 6.07) is 10.1. The van der Waals surface area contributed by atoms with Crippen molar-refractivity contribution >= 4 is 34.7 Å². The predicted molar refractivity (Wildman–Crippen MR) is 78.4 cm³/mol. The van der Waals surface area contributed by atoms with E-state index in [1.165, 1.54) is 5.56 Å². The zero-order valence-corrected chi connectivity index (χ0v) is 11.5. The first-order valence-corrected chi connectivity index (χ1v) is 5.99. The van der Waals surface area contributed by atoms with Crippen LogP contribution in [0, 0.1) is 0 Å². The minimum atomic E-state index is 0.524. The Kier molecular flexibility index (Phi) is 5.65. The first-order chi connectivity index (χ1) is 8.13. The SMILES string of the molecule is CNC(=S)NN(C)C(=S)NCc1ccccc1. The van der Waals surface area contributed by atoms with Gasteiger partial charge in [0.05, 0.1) is 0 Å². The third kappa shape index (κ3) is 4.97. The van der Waals surface area contributed by atoms with Crippen molar-refractivity contribution in [3.05, 3.63) is 35.9 Å². The number of hydrogen-bond donors (Lipinski definition) is 3. The molecule has 0 aliphatic rings. The highest BCUT2D eigenvalue weighted by atomic mass is 32.1. The summed E-state index contributed by atoms with van der Waals surface area (Å²) in [5, 5.41) is 8.73. The molecule has 0 radical (unpaired) electrons. The average molecular weight is 268 g/mol. The van der Waals surface area contributed by atoms with Gasteiger partial charge in [-0.1, -0.05) is 30.3 Å². The molecule has 0 fully saturated rings. The van der Waals surface area contributed by atoms with Gasteiger partial charge < -0.3 is 10.6 Å². The molecule has 92 valence electrons. The van der Waals surface area contributed by atoms with Crippen LogP contribution in [0.2, 0.25) is 0 Å². The van der Waals surface area contributed by atoms with Gasteiger partial charge in [-0.25, -0.2) is 0 Å². The predicted octanol–water partition coefficient (Wildman–Crippen LogP) is 1.00. The topological polar surface area (TPSA) is 39.3 Å². The molecule has 0 aromatic heterocycles. The first-order valence-electron chi connectivity index (χ1n) is 5.17. The number of thiocarbonyl (C=S) groups is 2. The molecule has 0 spiro atoms. The van der Waals surface area contributed by atoms with Gasteiger partial charge in [0.15, 0.2) is 10.2 Å². The molecule has 0 bridgehead atoms. The number of hydrogen-bond acceptors (Lipinski definition) is 2. The lowest BCUT2D eigenvalue weighted by molar-refractivity contribution is 0.445. The molecule has 0 amide bonds. The molecule has 1 rings (SSSR count). The summed E-state index contributed by atoms with van der Waals surface area (Å²) in [7, 11) is 3.56. The molecule has 6 heteroatoms. The van der Waals surface area contributed by atoms with Crippen LogP contribution in [-0.4, -0.2) is 29.3 Å². The van der Waals surface area contributed by atoms with E-state index in [9.17, 15) is 0 Å². The molecule has 1 aromatic rings. The number of rotatable bonds is 2. The minimum absolute atomic E-state index is 0.524. The Morgan fingerprint density at radius 1 is 1.24 bits per heavy atom. The molecular weight excluding hydrogens is 252 g/mol. The van der Waals surface area contributed by atoms with Crippen LogP contribution < -0.4 is 16.1 Å².